The minimum absolute atomic E-state index is 0. The summed E-state index contributed by atoms with van der Waals surface area (Å²) in [6.45, 7) is 0. The van der Waals surface area contributed by atoms with E-state index in [1.807, 2.05) is 18.2 Å². The zero-order chi connectivity index (χ0) is 18.6. The van der Waals surface area contributed by atoms with Crippen LogP contribution < -0.4 is 5.32 Å². The molecule has 1 aliphatic heterocycles. The molecule has 3 aromatic rings. The maximum Gasteiger partial charge on any atom is 0.123 e. The summed E-state index contributed by atoms with van der Waals surface area (Å²) < 4.78 is 26.7. The van der Waals surface area contributed by atoms with Gasteiger partial charge in [-0.05, 0) is 47.4 Å². The molecule has 0 saturated carbocycles. The molecule has 0 amide bonds. The van der Waals surface area contributed by atoms with Crippen molar-refractivity contribution in [2.75, 3.05) is 0 Å². The number of aryl methyl sites for hydroxylation is 1. The van der Waals surface area contributed by atoms with Gasteiger partial charge in [0.1, 0.15) is 17.7 Å². The van der Waals surface area contributed by atoms with Gasteiger partial charge in [0.15, 0.2) is 0 Å². The van der Waals surface area contributed by atoms with Crippen molar-refractivity contribution < 1.29 is 8.78 Å². The maximum absolute atomic E-state index is 13.3. The van der Waals surface area contributed by atoms with Crippen LogP contribution in [-0.4, -0.2) is 5.84 Å². The number of rotatable bonds is 5. The van der Waals surface area contributed by atoms with Crippen LogP contribution in [0.4, 0.5) is 8.78 Å². The number of amidine groups is 1. The van der Waals surface area contributed by atoms with Crippen LogP contribution in [0, 0.1) is 11.6 Å². The molecule has 5 heteroatoms. The number of hydrogen-bond donors (Lipinski definition) is 1. The van der Waals surface area contributed by atoms with Crippen molar-refractivity contribution in [3.63, 3.8) is 0 Å². The number of halogens is 3. The van der Waals surface area contributed by atoms with Crippen LogP contribution in [0.5, 0.6) is 0 Å². The highest BCUT2D eigenvalue weighted by Crippen LogP contribution is 2.36. The van der Waals surface area contributed by atoms with Crippen LogP contribution in [-0.2, 0) is 6.42 Å². The molecule has 4 rings (SSSR count). The molecule has 2 nitrogen and oxygen atoms in total. The molecule has 0 bridgehead atoms. The predicted octanol–water partition coefficient (Wildman–Crippen LogP) is 5.80. The van der Waals surface area contributed by atoms with Gasteiger partial charge in [-0.3, -0.25) is 4.99 Å². The number of benzene rings is 3. The Kier molecular flexibility index (Phi) is 6.42. The lowest BCUT2D eigenvalue weighted by atomic mass is 9.95. The number of nitrogens with one attached hydrogen (secondary N) is 1. The Balaban J connectivity index is 0.00000225. The Morgan fingerprint density at radius 3 is 1.89 bits per heavy atom. The lowest BCUT2D eigenvalue weighted by Crippen LogP contribution is -2.24. The topological polar surface area (TPSA) is 24.4 Å². The summed E-state index contributed by atoms with van der Waals surface area (Å²) in [5, 5.41) is 3.49. The minimum Gasteiger partial charge on any atom is -0.364 e. The normalized spacial score (nSPS) is 18.1. The SMILES string of the molecule is Cl.Fc1ccc([C@H]2N=C(CCc3ccccc3)N[C@H]2c2ccc(F)cc2)cc1. The van der Waals surface area contributed by atoms with Gasteiger partial charge in [-0.2, -0.15) is 0 Å². The second-order valence-electron chi connectivity index (χ2n) is 6.73. The largest absolute Gasteiger partial charge is 0.364 e. The first kappa shape index (κ1) is 20.0. The van der Waals surface area contributed by atoms with E-state index in [9.17, 15) is 8.78 Å². The molecule has 2 atom stereocenters. The smallest absolute Gasteiger partial charge is 0.123 e. The van der Waals surface area contributed by atoms with Crippen molar-refractivity contribution in [1.29, 1.82) is 0 Å². The van der Waals surface area contributed by atoms with E-state index in [-0.39, 0.29) is 36.1 Å². The summed E-state index contributed by atoms with van der Waals surface area (Å²) in [7, 11) is 0. The molecule has 28 heavy (non-hydrogen) atoms. The van der Waals surface area contributed by atoms with Crippen molar-refractivity contribution in [2.45, 2.75) is 24.9 Å². The zero-order valence-electron chi connectivity index (χ0n) is 15.2. The summed E-state index contributed by atoms with van der Waals surface area (Å²) >= 11 is 0. The standard InChI is InChI=1S/C23H20F2N2.ClH/c24-19-11-7-17(8-12-19)22-23(18-9-13-20(25)14-10-18)27-21(26-22)15-6-16-4-2-1-3-5-16;/h1-5,7-14,22-23H,6,15H2,(H,26,27);1H/t22-,23+;. The van der Waals surface area contributed by atoms with Crippen LogP contribution in [0.15, 0.2) is 83.9 Å². The molecular weight excluding hydrogens is 378 g/mol. The summed E-state index contributed by atoms with van der Waals surface area (Å²) in [4.78, 5) is 4.87. The molecule has 0 spiro atoms. The molecule has 1 heterocycles. The number of aliphatic imine (C=N–C) groups is 1. The average Bonchev–Trinajstić information content (AvgIpc) is 3.13. The second-order valence-corrected chi connectivity index (χ2v) is 6.73. The lowest BCUT2D eigenvalue weighted by Gasteiger charge is -2.19. The van der Waals surface area contributed by atoms with E-state index in [1.54, 1.807) is 24.3 Å². The van der Waals surface area contributed by atoms with Gasteiger partial charge in [-0.1, -0.05) is 54.6 Å². The lowest BCUT2D eigenvalue weighted by molar-refractivity contribution is 0.564. The van der Waals surface area contributed by atoms with Crippen LogP contribution in [0.3, 0.4) is 0 Å². The highest BCUT2D eigenvalue weighted by atomic mass is 35.5. The van der Waals surface area contributed by atoms with E-state index in [0.29, 0.717) is 0 Å². The third kappa shape index (κ3) is 4.57. The van der Waals surface area contributed by atoms with E-state index in [1.165, 1.54) is 29.8 Å². The first-order chi connectivity index (χ1) is 13.2. The predicted molar refractivity (Wildman–Crippen MR) is 111 cm³/mol. The Morgan fingerprint density at radius 2 is 1.29 bits per heavy atom. The third-order valence-electron chi connectivity index (χ3n) is 4.87. The first-order valence-corrected chi connectivity index (χ1v) is 9.07. The van der Waals surface area contributed by atoms with Gasteiger partial charge in [-0.25, -0.2) is 8.78 Å². The molecule has 0 aliphatic carbocycles. The fourth-order valence-electron chi connectivity index (χ4n) is 3.44. The van der Waals surface area contributed by atoms with Crippen LogP contribution >= 0.6 is 12.4 Å². The Bertz CT molecular complexity index is 925. The average molecular weight is 399 g/mol. The monoisotopic (exact) mass is 398 g/mol. The Labute approximate surface area is 169 Å². The van der Waals surface area contributed by atoms with Crippen LogP contribution in [0.1, 0.15) is 35.2 Å². The Morgan fingerprint density at radius 1 is 0.714 bits per heavy atom. The molecule has 1 aliphatic rings. The van der Waals surface area contributed by atoms with Crippen molar-refractivity contribution in [3.05, 3.63) is 107 Å². The third-order valence-corrected chi connectivity index (χ3v) is 4.87. The fraction of sp³-hybridized carbons (Fsp3) is 0.174. The first-order valence-electron chi connectivity index (χ1n) is 9.07. The van der Waals surface area contributed by atoms with Crippen LogP contribution in [0.2, 0.25) is 0 Å². The molecule has 0 unspecified atom stereocenters. The van der Waals surface area contributed by atoms with Gasteiger partial charge in [0.2, 0.25) is 0 Å². The minimum atomic E-state index is -0.267. The molecule has 1 N–H and O–H groups in total. The highest BCUT2D eigenvalue weighted by molar-refractivity contribution is 5.85. The molecular formula is C23H21ClF2N2. The summed E-state index contributed by atoms with van der Waals surface area (Å²) in [5.41, 5.74) is 3.16. The van der Waals surface area contributed by atoms with Gasteiger partial charge in [0.05, 0.1) is 11.9 Å². The van der Waals surface area contributed by atoms with Crippen LogP contribution in [0.25, 0.3) is 0 Å². The molecule has 0 saturated heterocycles. The van der Waals surface area contributed by atoms with Crippen molar-refractivity contribution in [1.82, 2.24) is 5.32 Å². The quantitative estimate of drug-likeness (QED) is 0.576. The maximum atomic E-state index is 13.3. The van der Waals surface area contributed by atoms with E-state index in [0.717, 1.165) is 29.8 Å². The molecule has 0 aromatic heterocycles. The zero-order valence-corrected chi connectivity index (χ0v) is 16.0. The Hall–Kier alpha value is -2.72. The molecule has 3 aromatic carbocycles. The van der Waals surface area contributed by atoms with Crippen molar-refractivity contribution in [2.24, 2.45) is 4.99 Å². The van der Waals surface area contributed by atoms with E-state index >= 15 is 0 Å². The summed E-state index contributed by atoms with van der Waals surface area (Å²) in [6.07, 6.45) is 1.68. The highest BCUT2D eigenvalue weighted by Gasteiger charge is 2.31. The van der Waals surface area contributed by atoms with Gasteiger partial charge in [-0.15, -0.1) is 12.4 Å². The summed E-state index contributed by atoms with van der Waals surface area (Å²) in [6, 6.07) is 22.9. The molecule has 0 radical (unpaired) electrons. The van der Waals surface area contributed by atoms with E-state index in [2.05, 4.69) is 17.4 Å². The number of nitrogens with zero attached hydrogens (tertiary/aromatic N) is 1. The number of hydrogen-bond acceptors (Lipinski definition) is 2. The molecule has 0 fully saturated rings. The van der Waals surface area contributed by atoms with E-state index in [4.69, 9.17) is 4.99 Å². The van der Waals surface area contributed by atoms with Crippen molar-refractivity contribution >= 4 is 18.2 Å². The van der Waals surface area contributed by atoms with E-state index < -0.39 is 0 Å². The fourth-order valence-corrected chi connectivity index (χ4v) is 3.44. The van der Waals surface area contributed by atoms with Crippen molar-refractivity contribution in [3.8, 4) is 0 Å². The van der Waals surface area contributed by atoms with Gasteiger partial charge < -0.3 is 5.32 Å². The van der Waals surface area contributed by atoms with Gasteiger partial charge in [0, 0.05) is 6.42 Å². The van der Waals surface area contributed by atoms with Gasteiger partial charge >= 0.3 is 0 Å². The van der Waals surface area contributed by atoms with Gasteiger partial charge in [0.25, 0.3) is 0 Å². The molecule has 144 valence electrons. The second kappa shape index (κ2) is 8.98. The summed E-state index contributed by atoms with van der Waals surface area (Å²) in [5.74, 6) is 0.388.